The lowest BCUT2D eigenvalue weighted by molar-refractivity contribution is 0.394. The average molecular weight is 400 g/mol. The fourth-order valence-corrected chi connectivity index (χ4v) is 3.33. The van der Waals surface area contributed by atoms with Crippen LogP contribution < -0.4 is 9.47 Å². The van der Waals surface area contributed by atoms with Crippen LogP contribution in [0.4, 0.5) is 4.39 Å². The van der Waals surface area contributed by atoms with Crippen molar-refractivity contribution in [2.24, 2.45) is 0 Å². The van der Waals surface area contributed by atoms with E-state index in [9.17, 15) is 4.39 Å². The van der Waals surface area contributed by atoms with Crippen molar-refractivity contribution >= 4 is 12.2 Å². The van der Waals surface area contributed by atoms with Gasteiger partial charge in [-0.15, -0.1) is 0 Å². The van der Waals surface area contributed by atoms with Crippen molar-refractivity contribution in [2.45, 2.75) is 0 Å². The lowest BCUT2D eigenvalue weighted by Gasteiger charge is -2.15. The minimum absolute atomic E-state index is 0.348. The molecular weight excluding hydrogens is 379 g/mol. The molecule has 30 heavy (non-hydrogen) atoms. The molecule has 3 aromatic carbocycles. The number of halogens is 1. The molecule has 5 heteroatoms. The van der Waals surface area contributed by atoms with Crippen molar-refractivity contribution in [1.82, 2.24) is 9.78 Å². The van der Waals surface area contributed by atoms with E-state index in [4.69, 9.17) is 9.47 Å². The average Bonchev–Trinajstić information content (AvgIpc) is 3.27. The Bertz CT molecular complexity index is 1180. The zero-order valence-electron chi connectivity index (χ0n) is 16.7. The maximum atomic E-state index is 14.4. The molecule has 0 unspecified atom stereocenters. The highest BCUT2D eigenvalue weighted by Gasteiger charge is 2.17. The number of methoxy groups -OCH3 is 2. The third kappa shape index (κ3) is 3.82. The Hall–Kier alpha value is -3.86. The molecule has 1 heterocycles. The van der Waals surface area contributed by atoms with Crippen LogP contribution in [-0.4, -0.2) is 24.0 Å². The van der Waals surface area contributed by atoms with Gasteiger partial charge in [0.05, 0.1) is 26.1 Å². The standard InChI is InChI=1S/C25H21FN2O2/c1-29-24-17-25(30-2)20(16-19(24)13-12-18-8-4-3-5-9-18)22-14-15-27-28(22)23-11-7-6-10-21(23)26/h3-17H,1-2H3. The summed E-state index contributed by atoms with van der Waals surface area (Å²) in [4.78, 5) is 0. The van der Waals surface area contributed by atoms with Gasteiger partial charge in [0.15, 0.2) is 0 Å². The molecule has 0 aliphatic rings. The van der Waals surface area contributed by atoms with Gasteiger partial charge in [0.1, 0.15) is 23.0 Å². The highest BCUT2D eigenvalue weighted by Crippen LogP contribution is 2.37. The molecule has 0 fully saturated rings. The van der Waals surface area contributed by atoms with E-state index in [1.165, 1.54) is 6.07 Å². The van der Waals surface area contributed by atoms with Crippen molar-refractivity contribution in [2.75, 3.05) is 14.2 Å². The zero-order valence-corrected chi connectivity index (χ0v) is 16.7. The Morgan fingerprint density at radius 1 is 0.833 bits per heavy atom. The molecule has 0 aliphatic heterocycles. The second-order valence-electron chi connectivity index (χ2n) is 6.62. The molecule has 4 aromatic rings. The molecule has 0 aliphatic carbocycles. The van der Waals surface area contributed by atoms with Crippen LogP contribution in [0.25, 0.3) is 29.1 Å². The second kappa shape index (κ2) is 8.66. The van der Waals surface area contributed by atoms with Crippen LogP contribution in [0.15, 0.2) is 79.0 Å². The van der Waals surface area contributed by atoms with Crippen LogP contribution in [0.5, 0.6) is 11.5 Å². The number of ether oxygens (including phenoxy) is 2. The third-order valence-electron chi connectivity index (χ3n) is 4.81. The van der Waals surface area contributed by atoms with Gasteiger partial charge >= 0.3 is 0 Å². The molecular formula is C25H21FN2O2. The monoisotopic (exact) mass is 400 g/mol. The van der Waals surface area contributed by atoms with Gasteiger partial charge in [-0.25, -0.2) is 9.07 Å². The molecule has 0 atom stereocenters. The number of hydrogen-bond acceptors (Lipinski definition) is 3. The van der Waals surface area contributed by atoms with Crippen molar-refractivity contribution in [1.29, 1.82) is 0 Å². The summed E-state index contributed by atoms with van der Waals surface area (Å²) in [5.74, 6) is 0.945. The minimum Gasteiger partial charge on any atom is -0.496 e. The predicted molar refractivity (Wildman–Crippen MR) is 117 cm³/mol. The Morgan fingerprint density at radius 3 is 2.30 bits per heavy atom. The lowest BCUT2D eigenvalue weighted by atomic mass is 10.0. The lowest BCUT2D eigenvalue weighted by Crippen LogP contribution is -2.03. The van der Waals surface area contributed by atoms with Gasteiger partial charge in [0.2, 0.25) is 0 Å². The van der Waals surface area contributed by atoms with E-state index < -0.39 is 0 Å². The Labute approximate surface area is 174 Å². The van der Waals surface area contributed by atoms with Crippen LogP contribution >= 0.6 is 0 Å². The van der Waals surface area contributed by atoms with Crippen molar-refractivity contribution in [3.63, 3.8) is 0 Å². The smallest absolute Gasteiger partial charge is 0.148 e. The molecule has 150 valence electrons. The summed E-state index contributed by atoms with van der Waals surface area (Å²) in [5.41, 5.74) is 3.82. The van der Waals surface area contributed by atoms with Crippen LogP contribution in [0.3, 0.4) is 0 Å². The SMILES string of the molecule is COc1cc(OC)c(-c2ccnn2-c2ccccc2F)cc1C=Cc1ccccc1. The highest BCUT2D eigenvalue weighted by molar-refractivity contribution is 5.79. The van der Waals surface area contributed by atoms with E-state index in [0.717, 1.165) is 16.7 Å². The summed E-state index contributed by atoms with van der Waals surface area (Å²) in [7, 11) is 3.22. The third-order valence-corrected chi connectivity index (χ3v) is 4.81. The summed E-state index contributed by atoms with van der Waals surface area (Å²) < 4.78 is 27.2. The maximum Gasteiger partial charge on any atom is 0.148 e. The first-order chi connectivity index (χ1) is 14.7. The van der Waals surface area contributed by atoms with Crippen LogP contribution in [0, 0.1) is 5.82 Å². The summed E-state index contributed by atoms with van der Waals surface area (Å²) >= 11 is 0. The Morgan fingerprint density at radius 2 is 1.57 bits per heavy atom. The number of para-hydroxylation sites is 1. The summed E-state index contributed by atoms with van der Waals surface area (Å²) in [6.07, 6.45) is 5.65. The summed E-state index contributed by atoms with van der Waals surface area (Å²) in [5, 5.41) is 4.34. The zero-order chi connectivity index (χ0) is 20.9. The molecule has 0 spiro atoms. The maximum absolute atomic E-state index is 14.4. The normalized spacial score (nSPS) is 11.0. The molecule has 0 N–H and O–H groups in total. The molecule has 0 radical (unpaired) electrons. The molecule has 1 aromatic heterocycles. The highest BCUT2D eigenvalue weighted by atomic mass is 19.1. The van der Waals surface area contributed by atoms with Gasteiger partial charge in [0.25, 0.3) is 0 Å². The van der Waals surface area contributed by atoms with Crippen molar-refractivity contribution in [3.8, 4) is 28.4 Å². The quantitative estimate of drug-likeness (QED) is 0.380. The van der Waals surface area contributed by atoms with E-state index in [-0.39, 0.29) is 5.82 Å². The van der Waals surface area contributed by atoms with Crippen LogP contribution in [0.2, 0.25) is 0 Å². The number of nitrogens with zero attached hydrogens (tertiary/aromatic N) is 2. The summed E-state index contributed by atoms with van der Waals surface area (Å²) in [6.45, 7) is 0. The molecule has 0 bridgehead atoms. The van der Waals surface area contributed by atoms with Gasteiger partial charge in [-0.2, -0.15) is 5.10 Å². The Balaban J connectivity index is 1.84. The second-order valence-corrected chi connectivity index (χ2v) is 6.62. The van der Waals surface area contributed by atoms with Gasteiger partial charge < -0.3 is 9.47 Å². The number of aromatic nitrogens is 2. The van der Waals surface area contributed by atoms with Gasteiger partial charge in [-0.05, 0) is 29.8 Å². The number of rotatable bonds is 6. The van der Waals surface area contributed by atoms with E-state index in [1.54, 1.807) is 43.3 Å². The van der Waals surface area contributed by atoms with E-state index in [2.05, 4.69) is 5.10 Å². The fraction of sp³-hybridized carbons (Fsp3) is 0.0800. The first-order valence-electron chi connectivity index (χ1n) is 9.49. The summed E-state index contributed by atoms with van der Waals surface area (Å²) in [6, 6.07) is 22.2. The Kier molecular flexibility index (Phi) is 5.61. The first kappa shape index (κ1) is 19.5. The molecule has 4 rings (SSSR count). The van der Waals surface area contributed by atoms with E-state index in [0.29, 0.717) is 22.9 Å². The van der Waals surface area contributed by atoms with E-state index >= 15 is 0 Å². The van der Waals surface area contributed by atoms with Crippen LogP contribution in [0.1, 0.15) is 11.1 Å². The predicted octanol–water partition coefficient (Wildman–Crippen LogP) is 5.87. The fourth-order valence-electron chi connectivity index (χ4n) is 3.33. The molecule has 4 nitrogen and oxygen atoms in total. The first-order valence-corrected chi connectivity index (χ1v) is 9.49. The van der Waals surface area contributed by atoms with Gasteiger partial charge in [0, 0.05) is 17.2 Å². The topological polar surface area (TPSA) is 36.3 Å². The van der Waals surface area contributed by atoms with Gasteiger partial charge in [-0.3, -0.25) is 0 Å². The minimum atomic E-state index is -0.348. The van der Waals surface area contributed by atoms with Crippen molar-refractivity contribution < 1.29 is 13.9 Å². The largest absolute Gasteiger partial charge is 0.496 e. The van der Waals surface area contributed by atoms with Crippen LogP contribution in [-0.2, 0) is 0 Å². The molecule has 0 saturated carbocycles. The molecule has 0 amide bonds. The number of benzene rings is 3. The molecule has 0 saturated heterocycles. The van der Waals surface area contributed by atoms with Gasteiger partial charge in [-0.1, -0.05) is 54.6 Å². The van der Waals surface area contributed by atoms with Crippen molar-refractivity contribution in [3.05, 3.63) is 95.9 Å². The van der Waals surface area contributed by atoms with E-state index in [1.807, 2.05) is 60.7 Å². The number of hydrogen-bond donors (Lipinski definition) is 0.